The van der Waals surface area contributed by atoms with E-state index in [1.165, 1.54) is 6.92 Å². The van der Waals surface area contributed by atoms with Crippen molar-refractivity contribution in [3.8, 4) is 0 Å². The first-order valence-corrected chi connectivity index (χ1v) is 3.28. The van der Waals surface area contributed by atoms with Crippen LogP contribution < -0.4 is 5.32 Å². The van der Waals surface area contributed by atoms with Crippen molar-refractivity contribution in [2.45, 2.75) is 19.0 Å². The molecule has 0 bridgehead atoms. The van der Waals surface area contributed by atoms with E-state index in [9.17, 15) is 8.78 Å². The van der Waals surface area contributed by atoms with Crippen molar-refractivity contribution >= 4 is 0 Å². The predicted octanol–water partition coefficient (Wildman–Crippen LogP) is 0.630. The predicted molar refractivity (Wildman–Crippen MR) is 33.2 cm³/mol. The zero-order valence-electron chi connectivity index (χ0n) is 5.86. The van der Waals surface area contributed by atoms with Crippen LogP contribution in [-0.4, -0.2) is 31.7 Å². The molecule has 1 rings (SSSR count). The molecule has 1 aliphatic rings. The molecule has 0 aromatic heterocycles. The molecule has 2 nitrogen and oxygen atoms in total. The zero-order chi connectivity index (χ0) is 7.61. The number of halogens is 2. The van der Waals surface area contributed by atoms with E-state index >= 15 is 0 Å². The maximum absolute atomic E-state index is 12.1. The average molecular weight is 151 g/mol. The molecule has 1 saturated heterocycles. The van der Waals surface area contributed by atoms with Crippen molar-refractivity contribution in [1.82, 2.24) is 5.32 Å². The van der Waals surface area contributed by atoms with E-state index in [1.54, 1.807) is 0 Å². The second kappa shape index (κ2) is 2.80. The van der Waals surface area contributed by atoms with Gasteiger partial charge in [-0.1, -0.05) is 0 Å². The maximum atomic E-state index is 12.1. The summed E-state index contributed by atoms with van der Waals surface area (Å²) in [7, 11) is 0. The molecule has 0 aromatic rings. The largest absolute Gasteiger partial charge is 0.367 e. The number of hydrogen-bond acceptors (Lipinski definition) is 2. The Kier molecular flexibility index (Phi) is 2.21. The fourth-order valence-electron chi connectivity index (χ4n) is 0.884. The molecule has 0 spiro atoms. The van der Waals surface area contributed by atoms with E-state index in [2.05, 4.69) is 5.32 Å². The summed E-state index contributed by atoms with van der Waals surface area (Å²) >= 11 is 0. The Balaban J connectivity index is 2.48. The molecule has 4 heteroatoms. The maximum Gasteiger partial charge on any atom is 0.268 e. The van der Waals surface area contributed by atoms with E-state index in [0.29, 0.717) is 13.2 Å². The van der Waals surface area contributed by atoms with Gasteiger partial charge in [0.2, 0.25) is 0 Å². The van der Waals surface area contributed by atoms with E-state index in [0.717, 1.165) is 0 Å². The molecule has 60 valence electrons. The number of ether oxygens (including phenoxy) is 1. The lowest BCUT2D eigenvalue weighted by molar-refractivity contribution is -0.141. The summed E-state index contributed by atoms with van der Waals surface area (Å²) < 4.78 is 29.2. The van der Waals surface area contributed by atoms with Crippen LogP contribution in [0.4, 0.5) is 8.78 Å². The first-order chi connectivity index (χ1) is 4.65. The van der Waals surface area contributed by atoms with E-state index < -0.39 is 12.0 Å². The molecule has 10 heavy (non-hydrogen) atoms. The minimum absolute atomic E-state index is 0.241. The van der Waals surface area contributed by atoms with Crippen LogP contribution in [0, 0.1) is 0 Å². The summed E-state index contributed by atoms with van der Waals surface area (Å²) in [5, 5.41) is 2.85. The zero-order valence-corrected chi connectivity index (χ0v) is 5.86. The average Bonchev–Trinajstić information content (AvgIpc) is 1.89. The molecule has 1 fully saturated rings. The van der Waals surface area contributed by atoms with Crippen molar-refractivity contribution in [2.24, 2.45) is 0 Å². The number of alkyl halides is 2. The number of morpholine rings is 1. The molecule has 0 amide bonds. The van der Waals surface area contributed by atoms with Gasteiger partial charge in [0.05, 0.1) is 6.61 Å². The molecule has 0 unspecified atom stereocenters. The fourth-order valence-corrected chi connectivity index (χ4v) is 0.884. The summed E-state index contributed by atoms with van der Waals surface area (Å²) in [6, 6.07) is 0. The van der Waals surface area contributed by atoms with Crippen molar-refractivity contribution in [2.75, 3.05) is 19.7 Å². The summed E-state index contributed by atoms with van der Waals surface area (Å²) in [6.45, 7) is 2.71. The Bertz CT molecular complexity index is 112. The van der Waals surface area contributed by atoms with E-state index in [4.69, 9.17) is 4.74 Å². The van der Waals surface area contributed by atoms with Crippen molar-refractivity contribution in [1.29, 1.82) is 0 Å². The third kappa shape index (κ3) is 1.44. The van der Waals surface area contributed by atoms with Gasteiger partial charge in [0.25, 0.3) is 6.43 Å². The van der Waals surface area contributed by atoms with Gasteiger partial charge in [-0.3, -0.25) is 0 Å². The lowest BCUT2D eigenvalue weighted by atomic mass is 10.1. The van der Waals surface area contributed by atoms with Crippen LogP contribution in [-0.2, 0) is 4.74 Å². The summed E-state index contributed by atoms with van der Waals surface area (Å²) in [6.07, 6.45) is -2.40. The number of nitrogens with one attached hydrogen (secondary N) is 1. The second-order valence-corrected chi connectivity index (χ2v) is 2.64. The van der Waals surface area contributed by atoms with Crippen LogP contribution in [0.5, 0.6) is 0 Å². The van der Waals surface area contributed by atoms with Crippen LogP contribution in [0.1, 0.15) is 6.92 Å². The monoisotopic (exact) mass is 151 g/mol. The van der Waals surface area contributed by atoms with Gasteiger partial charge in [-0.15, -0.1) is 0 Å². The molecule has 1 heterocycles. The van der Waals surface area contributed by atoms with Gasteiger partial charge in [0.1, 0.15) is 5.60 Å². The highest BCUT2D eigenvalue weighted by Gasteiger charge is 2.37. The van der Waals surface area contributed by atoms with Crippen LogP contribution >= 0.6 is 0 Å². The Morgan fingerprint density at radius 3 is 2.60 bits per heavy atom. The third-order valence-electron chi connectivity index (χ3n) is 1.65. The quantitative estimate of drug-likeness (QED) is 0.593. The smallest absolute Gasteiger partial charge is 0.268 e. The van der Waals surface area contributed by atoms with Gasteiger partial charge < -0.3 is 10.1 Å². The first kappa shape index (κ1) is 7.88. The lowest BCUT2D eigenvalue weighted by Gasteiger charge is -2.33. The summed E-state index contributed by atoms with van der Waals surface area (Å²) in [5.74, 6) is 0. The SMILES string of the molecule is C[C@]1(C(F)F)CNCCO1. The van der Waals surface area contributed by atoms with Crippen LogP contribution in [0.25, 0.3) is 0 Å². The van der Waals surface area contributed by atoms with Crippen molar-refractivity contribution < 1.29 is 13.5 Å². The Morgan fingerprint density at radius 1 is 1.60 bits per heavy atom. The first-order valence-electron chi connectivity index (χ1n) is 3.28. The van der Waals surface area contributed by atoms with Gasteiger partial charge in [-0.05, 0) is 6.92 Å². The summed E-state index contributed by atoms with van der Waals surface area (Å²) in [5.41, 5.74) is -1.27. The standard InChI is InChI=1S/C6H11F2NO/c1-6(5(7)8)4-9-2-3-10-6/h5,9H,2-4H2,1H3/t6-/m1/s1. The molecule has 1 atom stereocenters. The molecular formula is C6H11F2NO. The Labute approximate surface area is 58.6 Å². The molecule has 0 radical (unpaired) electrons. The number of rotatable bonds is 1. The van der Waals surface area contributed by atoms with Gasteiger partial charge in [-0.25, -0.2) is 8.78 Å². The minimum atomic E-state index is -2.40. The lowest BCUT2D eigenvalue weighted by Crippen LogP contribution is -2.52. The fraction of sp³-hybridized carbons (Fsp3) is 1.00. The molecule has 0 saturated carbocycles. The molecule has 0 aliphatic carbocycles. The van der Waals surface area contributed by atoms with Gasteiger partial charge in [-0.2, -0.15) is 0 Å². The molecule has 1 N–H and O–H groups in total. The van der Waals surface area contributed by atoms with Crippen molar-refractivity contribution in [3.05, 3.63) is 0 Å². The second-order valence-electron chi connectivity index (χ2n) is 2.64. The van der Waals surface area contributed by atoms with Gasteiger partial charge in [0.15, 0.2) is 0 Å². The third-order valence-corrected chi connectivity index (χ3v) is 1.65. The normalized spacial score (nSPS) is 34.8. The van der Waals surface area contributed by atoms with E-state index in [-0.39, 0.29) is 6.54 Å². The summed E-state index contributed by atoms with van der Waals surface area (Å²) in [4.78, 5) is 0. The molecule has 0 aromatic carbocycles. The Hall–Kier alpha value is -0.220. The van der Waals surface area contributed by atoms with Gasteiger partial charge in [0, 0.05) is 13.1 Å². The highest BCUT2D eigenvalue weighted by atomic mass is 19.3. The van der Waals surface area contributed by atoms with E-state index in [1.807, 2.05) is 0 Å². The Morgan fingerprint density at radius 2 is 2.30 bits per heavy atom. The minimum Gasteiger partial charge on any atom is -0.367 e. The highest BCUT2D eigenvalue weighted by Crippen LogP contribution is 2.20. The van der Waals surface area contributed by atoms with Crippen LogP contribution in [0.3, 0.4) is 0 Å². The van der Waals surface area contributed by atoms with Crippen LogP contribution in [0.15, 0.2) is 0 Å². The topological polar surface area (TPSA) is 21.3 Å². The van der Waals surface area contributed by atoms with Gasteiger partial charge >= 0.3 is 0 Å². The molecular weight excluding hydrogens is 140 g/mol. The van der Waals surface area contributed by atoms with Crippen LogP contribution in [0.2, 0.25) is 0 Å². The highest BCUT2D eigenvalue weighted by molar-refractivity contribution is 4.83. The number of hydrogen-bond donors (Lipinski definition) is 1. The van der Waals surface area contributed by atoms with Crippen molar-refractivity contribution in [3.63, 3.8) is 0 Å². The molecule has 1 aliphatic heterocycles.